The topological polar surface area (TPSA) is 41.5 Å². The van der Waals surface area contributed by atoms with Gasteiger partial charge in [-0.15, -0.1) is 0 Å². The van der Waals surface area contributed by atoms with Gasteiger partial charge in [-0.25, -0.2) is 0 Å². The van der Waals surface area contributed by atoms with E-state index in [0.717, 1.165) is 12.5 Å². The van der Waals surface area contributed by atoms with Gasteiger partial charge in [0.15, 0.2) is 0 Å². The van der Waals surface area contributed by atoms with Crippen LogP contribution in [0.3, 0.4) is 0 Å². The lowest BCUT2D eigenvalue weighted by atomic mass is 9.49. The second kappa shape index (κ2) is 7.16. The molecule has 3 heteroatoms. The molecular formula is C20H29NO2. The van der Waals surface area contributed by atoms with Gasteiger partial charge < -0.3 is 15.2 Å². The van der Waals surface area contributed by atoms with Crippen molar-refractivity contribution in [2.45, 2.75) is 39.3 Å². The molecular weight excluding hydrogens is 286 g/mol. The molecule has 3 aliphatic rings. The first-order chi connectivity index (χ1) is 11.1. The summed E-state index contributed by atoms with van der Waals surface area (Å²) in [4.78, 5) is 0. The zero-order valence-corrected chi connectivity index (χ0v) is 14.3. The first kappa shape index (κ1) is 16.7. The van der Waals surface area contributed by atoms with Gasteiger partial charge in [-0.1, -0.05) is 50.3 Å². The number of hydrogen-bond acceptors (Lipinski definition) is 3. The molecule has 0 saturated heterocycles. The zero-order chi connectivity index (χ0) is 16.3. The van der Waals surface area contributed by atoms with E-state index in [9.17, 15) is 5.11 Å². The number of benzene rings is 1. The first-order valence-electron chi connectivity index (χ1n) is 8.76. The summed E-state index contributed by atoms with van der Waals surface area (Å²) in [6, 6.07) is 10.2. The maximum atomic E-state index is 10.0. The third kappa shape index (κ3) is 3.85. The molecule has 1 fully saturated rings. The molecule has 0 aliphatic heterocycles. The molecule has 3 aliphatic carbocycles. The summed E-state index contributed by atoms with van der Waals surface area (Å²) in [5, 5.41) is 13.3. The van der Waals surface area contributed by atoms with Crippen molar-refractivity contribution in [2.75, 3.05) is 19.8 Å². The maximum absolute atomic E-state index is 10.0. The largest absolute Gasteiger partial charge is 0.389 e. The average molecular weight is 315 g/mol. The van der Waals surface area contributed by atoms with E-state index in [2.05, 4.69) is 37.4 Å². The van der Waals surface area contributed by atoms with Gasteiger partial charge in [0.2, 0.25) is 0 Å². The fraction of sp³-hybridized carbons (Fsp3) is 0.600. The number of hydrogen-bond donors (Lipinski definition) is 2. The Morgan fingerprint density at radius 3 is 2.78 bits per heavy atom. The van der Waals surface area contributed by atoms with Crippen LogP contribution in [-0.4, -0.2) is 31.0 Å². The Balaban J connectivity index is 1.32. The van der Waals surface area contributed by atoms with Crippen LogP contribution in [0.25, 0.3) is 0 Å². The Morgan fingerprint density at radius 1 is 1.30 bits per heavy atom. The average Bonchev–Trinajstić information content (AvgIpc) is 2.56. The maximum Gasteiger partial charge on any atom is 0.0897 e. The minimum Gasteiger partial charge on any atom is -0.389 e. The Labute approximate surface area is 139 Å². The summed E-state index contributed by atoms with van der Waals surface area (Å²) in [6.07, 6.45) is 4.43. The van der Waals surface area contributed by atoms with Crippen LogP contribution in [-0.2, 0) is 11.3 Å². The van der Waals surface area contributed by atoms with Gasteiger partial charge >= 0.3 is 0 Å². The van der Waals surface area contributed by atoms with Crippen molar-refractivity contribution in [3.63, 3.8) is 0 Å². The van der Waals surface area contributed by atoms with Crippen LogP contribution < -0.4 is 5.32 Å². The molecule has 1 saturated carbocycles. The SMILES string of the molecule is CC1(C)C2CC=C(COCC(O)CNCc3ccccc3)C1C2. The predicted molar refractivity (Wildman–Crippen MR) is 93.1 cm³/mol. The zero-order valence-electron chi connectivity index (χ0n) is 14.3. The second-order valence-corrected chi connectivity index (χ2v) is 7.61. The van der Waals surface area contributed by atoms with E-state index >= 15 is 0 Å². The summed E-state index contributed by atoms with van der Waals surface area (Å²) in [7, 11) is 0. The highest BCUT2D eigenvalue weighted by molar-refractivity contribution is 5.23. The van der Waals surface area contributed by atoms with Crippen LogP contribution in [0.5, 0.6) is 0 Å². The van der Waals surface area contributed by atoms with Gasteiger partial charge in [-0.05, 0) is 41.2 Å². The van der Waals surface area contributed by atoms with Crippen molar-refractivity contribution in [3.05, 3.63) is 47.5 Å². The Morgan fingerprint density at radius 2 is 2.09 bits per heavy atom. The van der Waals surface area contributed by atoms with E-state index in [-0.39, 0.29) is 0 Å². The standard InChI is InChI=1S/C20H29NO2/c1-20(2)17-9-8-16(19(20)10-17)13-23-14-18(22)12-21-11-15-6-4-3-5-7-15/h3-8,17-19,21-22H,9-14H2,1-2H3. The van der Waals surface area contributed by atoms with Crippen LogP contribution in [0.4, 0.5) is 0 Å². The summed E-state index contributed by atoms with van der Waals surface area (Å²) in [5.74, 6) is 1.55. The molecule has 2 bridgehead atoms. The quantitative estimate of drug-likeness (QED) is 0.724. The summed E-state index contributed by atoms with van der Waals surface area (Å²) >= 11 is 0. The molecule has 126 valence electrons. The summed E-state index contributed by atoms with van der Waals surface area (Å²) in [6.45, 7) is 7.17. The van der Waals surface area contributed by atoms with Crippen molar-refractivity contribution in [2.24, 2.45) is 17.3 Å². The number of aliphatic hydroxyl groups is 1. The molecule has 0 spiro atoms. The van der Waals surface area contributed by atoms with E-state index in [1.165, 1.54) is 24.0 Å². The number of allylic oxidation sites excluding steroid dienone is 1. The minimum atomic E-state index is -0.454. The lowest BCUT2D eigenvalue weighted by Gasteiger charge is -2.56. The molecule has 23 heavy (non-hydrogen) atoms. The van der Waals surface area contributed by atoms with E-state index in [1.54, 1.807) is 0 Å². The molecule has 4 rings (SSSR count). The van der Waals surface area contributed by atoms with E-state index in [1.807, 2.05) is 18.2 Å². The molecule has 1 aromatic rings. The van der Waals surface area contributed by atoms with Gasteiger partial charge in [0.1, 0.15) is 0 Å². The molecule has 0 amide bonds. The van der Waals surface area contributed by atoms with Gasteiger partial charge in [-0.2, -0.15) is 0 Å². The molecule has 0 heterocycles. The van der Waals surface area contributed by atoms with Gasteiger partial charge in [0.25, 0.3) is 0 Å². The summed E-state index contributed by atoms with van der Waals surface area (Å²) < 4.78 is 5.77. The number of rotatable bonds is 8. The van der Waals surface area contributed by atoms with Crippen molar-refractivity contribution in [3.8, 4) is 0 Å². The highest BCUT2D eigenvalue weighted by atomic mass is 16.5. The summed E-state index contributed by atoms with van der Waals surface area (Å²) in [5.41, 5.74) is 3.13. The first-order valence-corrected chi connectivity index (χ1v) is 8.76. The highest BCUT2D eigenvalue weighted by Gasteiger charge is 2.50. The van der Waals surface area contributed by atoms with E-state index in [0.29, 0.717) is 31.1 Å². The second-order valence-electron chi connectivity index (χ2n) is 7.61. The fourth-order valence-corrected chi connectivity index (χ4v) is 3.99. The monoisotopic (exact) mass is 315 g/mol. The predicted octanol–water partition coefficient (Wildman–Crippen LogP) is 3.15. The third-order valence-corrected chi connectivity index (χ3v) is 5.71. The number of ether oxygens (including phenoxy) is 1. The van der Waals surface area contributed by atoms with Gasteiger partial charge in [-0.3, -0.25) is 0 Å². The molecule has 3 atom stereocenters. The van der Waals surface area contributed by atoms with Crippen molar-refractivity contribution < 1.29 is 9.84 Å². The number of fused-ring (bicyclic) bond motifs is 1. The van der Waals surface area contributed by atoms with E-state index in [4.69, 9.17) is 4.74 Å². The molecule has 2 N–H and O–H groups in total. The molecule has 3 unspecified atom stereocenters. The third-order valence-electron chi connectivity index (χ3n) is 5.71. The van der Waals surface area contributed by atoms with Crippen molar-refractivity contribution in [1.29, 1.82) is 0 Å². The van der Waals surface area contributed by atoms with Crippen LogP contribution >= 0.6 is 0 Å². The lowest BCUT2D eigenvalue weighted by molar-refractivity contribution is -0.0235. The van der Waals surface area contributed by atoms with Crippen molar-refractivity contribution in [1.82, 2.24) is 5.32 Å². The van der Waals surface area contributed by atoms with Gasteiger partial charge in [0, 0.05) is 13.1 Å². The van der Waals surface area contributed by atoms with Crippen molar-refractivity contribution >= 4 is 0 Å². The normalized spacial score (nSPS) is 26.3. The fourth-order valence-electron chi connectivity index (χ4n) is 3.99. The number of nitrogens with one attached hydrogen (secondary N) is 1. The van der Waals surface area contributed by atoms with E-state index < -0.39 is 6.10 Å². The molecule has 3 nitrogen and oxygen atoms in total. The van der Waals surface area contributed by atoms with Crippen LogP contribution in [0.15, 0.2) is 42.0 Å². The van der Waals surface area contributed by atoms with Crippen LogP contribution in [0.2, 0.25) is 0 Å². The molecule has 0 aromatic heterocycles. The Hall–Kier alpha value is -1.16. The van der Waals surface area contributed by atoms with Crippen LogP contribution in [0.1, 0.15) is 32.3 Å². The smallest absolute Gasteiger partial charge is 0.0897 e. The molecule has 0 radical (unpaired) electrons. The van der Waals surface area contributed by atoms with Gasteiger partial charge in [0.05, 0.1) is 19.3 Å². The number of aliphatic hydroxyl groups excluding tert-OH is 1. The molecule has 1 aromatic carbocycles. The Bertz CT molecular complexity index is 538. The minimum absolute atomic E-state index is 0.399. The highest BCUT2D eigenvalue weighted by Crippen LogP contribution is 2.59. The Kier molecular flexibility index (Phi) is 5.20. The van der Waals surface area contributed by atoms with Crippen LogP contribution in [0, 0.1) is 17.3 Å². The lowest BCUT2D eigenvalue weighted by Crippen LogP contribution is -2.48.